The number of amides is 2. The van der Waals surface area contributed by atoms with Crippen molar-refractivity contribution < 1.29 is 9.59 Å². The number of carbonyl (C=O) groups is 2. The normalized spacial score (nSPS) is 16.7. The van der Waals surface area contributed by atoms with Gasteiger partial charge in [-0.05, 0) is 49.4 Å². The van der Waals surface area contributed by atoms with E-state index in [1.54, 1.807) is 42.2 Å². The molecular weight excluding hydrogens is 316 g/mol. The second-order valence-corrected chi connectivity index (χ2v) is 5.86. The minimum Gasteiger partial charge on any atom is -0.356 e. The molecule has 0 bridgehead atoms. The molecule has 0 saturated carbocycles. The number of anilines is 2. The molecule has 126 valence electrons. The fourth-order valence-electron chi connectivity index (χ4n) is 2.75. The predicted octanol–water partition coefficient (Wildman–Crippen LogP) is 2.26. The third-order valence-electron chi connectivity index (χ3n) is 4.17. The van der Waals surface area contributed by atoms with Gasteiger partial charge in [0.2, 0.25) is 5.91 Å². The topological polar surface area (TPSA) is 85.2 Å². The number of rotatable bonds is 3. The summed E-state index contributed by atoms with van der Waals surface area (Å²) in [6.07, 6.45) is 0. The van der Waals surface area contributed by atoms with Crippen molar-refractivity contribution in [1.82, 2.24) is 10.2 Å². The first-order chi connectivity index (χ1) is 12.1. The molecule has 2 amide bonds. The van der Waals surface area contributed by atoms with Crippen molar-refractivity contribution in [2.75, 3.05) is 18.4 Å². The Morgan fingerprint density at radius 3 is 2.72 bits per heavy atom. The van der Waals surface area contributed by atoms with Crippen molar-refractivity contribution in [2.45, 2.75) is 13.0 Å². The maximum Gasteiger partial charge on any atom is 0.254 e. The molecule has 1 aliphatic rings. The van der Waals surface area contributed by atoms with Gasteiger partial charge in [0.15, 0.2) is 0 Å². The van der Waals surface area contributed by atoms with Crippen molar-refractivity contribution in [3.8, 4) is 6.07 Å². The molecule has 2 aromatic carbocycles. The summed E-state index contributed by atoms with van der Waals surface area (Å²) in [5, 5.41) is 14.8. The second-order valence-electron chi connectivity index (χ2n) is 5.86. The zero-order valence-corrected chi connectivity index (χ0v) is 13.8. The Bertz CT molecular complexity index is 839. The van der Waals surface area contributed by atoms with E-state index in [-0.39, 0.29) is 11.8 Å². The van der Waals surface area contributed by atoms with E-state index in [0.717, 1.165) is 11.4 Å². The summed E-state index contributed by atoms with van der Waals surface area (Å²) in [7, 11) is 0. The van der Waals surface area contributed by atoms with E-state index in [1.807, 2.05) is 18.2 Å². The van der Waals surface area contributed by atoms with Crippen LogP contribution in [0.3, 0.4) is 0 Å². The molecule has 0 aliphatic carbocycles. The van der Waals surface area contributed by atoms with Crippen LogP contribution in [0.15, 0.2) is 48.5 Å². The Morgan fingerprint density at radius 1 is 1.24 bits per heavy atom. The van der Waals surface area contributed by atoms with Gasteiger partial charge in [-0.3, -0.25) is 9.59 Å². The summed E-state index contributed by atoms with van der Waals surface area (Å²) >= 11 is 0. The maximum absolute atomic E-state index is 12.7. The molecule has 1 saturated heterocycles. The number of nitriles is 1. The third-order valence-corrected chi connectivity index (χ3v) is 4.17. The standard InChI is InChI=1S/C19H18N4O2/c1-13-18(24)21-9-10-23(13)19(25)15-3-2-4-17(11-15)22-16-7-5-14(12-20)6-8-16/h2-8,11,13,22H,9-10H2,1H3,(H,21,24)/t13-/m1/s1. The maximum atomic E-state index is 12.7. The molecule has 2 aromatic rings. The third kappa shape index (κ3) is 3.61. The number of hydrogen-bond acceptors (Lipinski definition) is 4. The first-order valence-corrected chi connectivity index (χ1v) is 8.04. The fourth-order valence-corrected chi connectivity index (χ4v) is 2.75. The van der Waals surface area contributed by atoms with Crippen molar-refractivity contribution in [3.05, 3.63) is 59.7 Å². The Balaban J connectivity index is 1.77. The van der Waals surface area contributed by atoms with Gasteiger partial charge >= 0.3 is 0 Å². The Hall–Kier alpha value is -3.33. The molecule has 25 heavy (non-hydrogen) atoms. The van der Waals surface area contributed by atoms with E-state index in [4.69, 9.17) is 5.26 Å². The lowest BCUT2D eigenvalue weighted by molar-refractivity contribution is -0.127. The summed E-state index contributed by atoms with van der Waals surface area (Å²) in [6.45, 7) is 2.70. The Labute approximate surface area is 146 Å². The lowest BCUT2D eigenvalue weighted by Gasteiger charge is -2.32. The molecule has 0 spiro atoms. The van der Waals surface area contributed by atoms with Crippen LogP contribution < -0.4 is 10.6 Å². The van der Waals surface area contributed by atoms with Crippen molar-refractivity contribution in [1.29, 1.82) is 5.26 Å². The highest BCUT2D eigenvalue weighted by atomic mass is 16.2. The molecular formula is C19H18N4O2. The molecule has 1 atom stereocenters. The van der Waals surface area contributed by atoms with Gasteiger partial charge in [-0.2, -0.15) is 5.26 Å². The predicted molar refractivity (Wildman–Crippen MR) is 94.4 cm³/mol. The van der Waals surface area contributed by atoms with E-state index in [0.29, 0.717) is 24.2 Å². The van der Waals surface area contributed by atoms with Crippen LogP contribution in [0.1, 0.15) is 22.8 Å². The summed E-state index contributed by atoms with van der Waals surface area (Å²) in [4.78, 5) is 26.1. The summed E-state index contributed by atoms with van der Waals surface area (Å²) in [5.41, 5.74) is 2.71. The van der Waals surface area contributed by atoms with Crippen LogP contribution in [0, 0.1) is 11.3 Å². The van der Waals surface area contributed by atoms with Crippen molar-refractivity contribution in [2.24, 2.45) is 0 Å². The molecule has 1 aliphatic heterocycles. The highest BCUT2D eigenvalue weighted by molar-refractivity contribution is 5.98. The fraction of sp³-hybridized carbons (Fsp3) is 0.211. The SMILES string of the molecule is C[C@@H]1C(=O)NCCN1C(=O)c1cccc(Nc2ccc(C#N)cc2)c1. The zero-order valence-electron chi connectivity index (χ0n) is 13.8. The van der Waals surface area contributed by atoms with Gasteiger partial charge in [0.1, 0.15) is 6.04 Å². The van der Waals surface area contributed by atoms with Crippen LogP contribution in [0.25, 0.3) is 0 Å². The van der Waals surface area contributed by atoms with E-state index in [9.17, 15) is 9.59 Å². The zero-order chi connectivity index (χ0) is 17.8. The van der Waals surface area contributed by atoms with E-state index >= 15 is 0 Å². The number of piperazine rings is 1. The van der Waals surface area contributed by atoms with Crippen LogP contribution in [-0.4, -0.2) is 35.8 Å². The monoisotopic (exact) mass is 334 g/mol. The molecule has 6 nitrogen and oxygen atoms in total. The molecule has 1 heterocycles. The molecule has 2 N–H and O–H groups in total. The molecule has 0 unspecified atom stereocenters. The second kappa shape index (κ2) is 7.05. The van der Waals surface area contributed by atoms with Gasteiger partial charge in [-0.1, -0.05) is 6.07 Å². The van der Waals surface area contributed by atoms with Gasteiger partial charge in [0.05, 0.1) is 11.6 Å². The van der Waals surface area contributed by atoms with Crippen LogP contribution in [-0.2, 0) is 4.79 Å². The largest absolute Gasteiger partial charge is 0.356 e. The average molecular weight is 334 g/mol. The smallest absolute Gasteiger partial charge is 0.254 e. The molecule has 0 aromatic heterocycles. The molecule has 1 fully saturated rings. The molecule has 6 heteroatoms. The number of nitrogens with one attached hydrogen (secondary N) is 2. The first kappa shape index (κ1) is 16.5. The van der Waals surface area contributed by atoms with Gasteiger partial charge in [0.25, 0.3) is 5.91 Å². The number of nitrogens with zero attached hydrogens (tertiary/aromatic N) is 2. The summed E-state index contributed by atoms with van der Waals surface area (Å²) in [5.74, 6) is -0.294. The minimum atomic E-state index is -0.476. The molecule has 0 radical (unpaired) electrons. The number of benzene rings is 2. The van der Waals surface area contributed by atoms with Crippen molar-refractivity contribution >= 4 is 23.2 Å². The van der Waals surface area contributed by atoms with Crippen LogP contribution >= 0.6 is 0 Å². The Morgan fingerprint density at radius 2 is 2.00 bits per heavy atom. The van der Waals surface area contributed by atoms with E-state index in [1.165, 1.54) is 0 Å². The number of carbonyl (C=O) groups excluding carboxylic acids is 2. The highest BCUT2D eigenvalue weighted by Crippen LogP contribution is 2.20. The van der Waals surface area contributed by atoms with Crippen LogP contribution in [0.5, 0.6) is 0 Å². The van der Waals surface area contributed by atoms with Gasteiger partial charge in [-0.15, -0.1) is 0 Å². The van der Waals surface area contributed by atoms with E-state index in [2.05, 4.69) is 16.7 Å². The van der Waals surface area contributed by atoms with E-state index < -0.39 is 6.04 Å². The molecule has 3 rings (SSSR count). The quantitative estimate of drug-likeness (QED) is 0.901. The summed E-state index contributed by atoms with van der Waals surface area (Å²) < 4.78 is 0. The van der Waals surface area contributed by atoms with Gasteiger partial charge < -0.3 is 15.5 Å². The lowest BCUT2D eigenvalue weighted by Crippen LogP contribution is -2.55. The van der Waals surface area contributed by atoms with Gasteiger partial charge in [-0.25, -0.2) is 0 Å². The Kier molecular flexibility index (Phi) is 4.66. The van der Waals surface area contributed by atoms with Gasteiger partial charge in [0, 0.05) is 30.0 Å². The summed E-state index contributed by atoms with van der Waals surface area (Å²) in [6, 6.07) is 15.8. The first-order valence-electron chi connectivity index (χ1n) is 8.04. The van der Waals surface area contributed by atoms with Crippen molar-refractivity contribution in [3.63, 3.8) is 0 Å². The minimum absolute atomic E-state index is 0.133. The highest BCUT2D eigenvalue weighted by Gasteiger charge is 2.29. The number of hydrogen-bond donors (Lipinski definition) is 2. The van der Waals surface area contributed by atoms with Crippen LogP contribution in [0.2, 0.25) is 0 Å². The lowest BCUT2D eigenvalue weighted by atomic mass is 10.1. The average Bonchev–Trinajstić information content (AvgIpc) is 2.64. The van der Waals surface area contributed by atoms with Crippen LogP contribution in [0.4, 0.5) is 11.4 Å².